The van der Waals surface area contributed by atoms with Gasteiger partial charge < -0.3 is 30.6 Å². The van der Waals surface area contributed by atoms with Crippen LogP contribution in [0, 0.1) is 11.8 Å². The molecule has 0 saturated heterocycles. The van der Waals surface area contributed by atoms with Gasteiger partial charge in [-0.05, 0) is 56.6 Å². The fraction of sp³-hybridized carbons (Fsp3) is 0.308. The second-order valence-corrected chi connectivity index (χ2v) is 9.77. The number of benzene rings is 1. The summed E-state index contributed by atoms with van der Waals surface area (Å²) in [6, 6.07) is 3.10. The van der Waals surface area contributed by atoms with Crippen LogP contribution in [0.5, 0.6) is 5.75 Å². The number of carbonyl (C=O) groups excluding carboxylic acids is 4. The molecule has 4 unspecified atom stereocenters. The molecule has 11 nitrogen and oxygen atoms in total. The van der Waals surface area contributed by atoms with E-state index in [1.54, 1.807) is 0 Å². The molecule has 11 heteroatoms. The second kappa shape index (κ2) is 8.15. The van der Waals surface area contributed by atoms with Crippen molar-refractivity contribution in [2.75, 3.05) is 14.1 Å². The fourth-order valence-electron chi connectivity index (χ4n) is 6.09. The van der Waals surface area contributed by atoms with Gasteiger partial charge in [0.2, 0.25) is 5.78 Å². The first-order valence-corrected chi connectivity index (χ1v) is 11.5. The summed E-state index contributed by atoms with van der Waals surface area (Å²) in [6.07, 6.45) is 1.97. The minimum atomic E-state index is -2.70. The van der Waals surface area contributed by atoms with Crippen molar-refractivity contribution >= 4 is 29.5 Å². The molecule has 5 rings (SSSR count). The van der Waals surface area contributed by atoms with Crippen molar-refractivity contribution in [3.8, 4) is 17.1 Å². The number of nitrogens with two attached hydrogens (primary N) is 1. The van der Waals surface area contributed by atoms with Crippen LogP contribution in [0.1, 0.15) is 27.9 Å². The number of likely N-dealkylation sites (N-methyl/N-ethyl adjacent to an activating group) is 1. The van der Waals surface area contributed by atoms with Crippen LogP contribution in [0.3, 0.4) is 0 Å². The minimum absolute atomic E-state index is 0.0421. The van der Waals surface area contributed by atoms with E-state index in [1.165, 1.54) is 43.5 Å². The number of hydrogen-bond donors (Lipinski definition) is 5. The van der Waals surface area contributed by atoms with E-state index in [0.717, 1.165) is 0 Å². The molecular weight excluding hydrogens is 484 g/mol. The SMILES string of the molecule is CN(C)C1C(=O)C(C(N)=O)=C(O)C2(O)C(=O)C3=C(O)c4c(O)ccc(-c5occc5C=O)c4CC3CC12. The highest BCUT2D eigenvalue weighted by atomic mass is 16.3. The van der Waals surface area contributed by atoms with Crippen molar-refractivity contribution in [2.45, 2.75) is 24.5 Å². The van der Waals surface area contributed by atoms with Gasteiger partial charge in [0.15, 0.2) is 17.7 Å². The summed E-state index contributed by atoms with van der Waals surface area (Å²) >= 11 is 0. The number of aliphatic hydroxyl groups excluding tert-OH is 2. The van der Waals surface area contributed by atoms with Gasteiger partial charge in [0.1, 0.15) is 28.6 Å². The van der Waals surface area contributed by atoms with Crippen molar-refractivity contribution in [3.63, 3.8) is 0 Å². The summed E-state index contributed by atoms with van der Waals surface area (Å²) < 4.78 is 5.50. The number of furan rings is 1. The first-order chi connectivity index (χ1) is 17.4. The Morgan fingerprint density at radius 2 is 1.89 bits per heavy atom. The average molecular weight is 508 g/mol. The Hall–Kier alpha value is -4.22. The van der Waals surface area contributed by atoms with Crippen molar-refractivity contribution in [2.24, 2.45) is 17.6 Å². The predicted molar refractivity (Wildman–Crippen MR) is 127 cm³/mol. The fourth-order valence-corrected chi connectivity index (χ4v) is 6.09. The van der Waals surface area contributed by atoms with E-state index in [-0.39, 0.29) is 41.1 Å². The molecule has 1 aromatic carbocycles. The molecule has 0 spiro atoms. The molecule has 1 heterocycles. The zero-order valence-corrected chi connectivity index (χ0v) is 19.9. The molecule has 2 aromatic rings. The first kappa shape index (κ1) is 24.5. The van der Waals surface area contributed by atoms with Crippen molar-refractivity contribution in [3.05, 3.63) is 58.1 Å². The molecule has 37 heavy (non-hydrogen) atoms. The molecule has 1 amide bonds. The van der Waals surface area contributed by atoms with Gasteiger partial charge in [0.05, 0.1) is 23.4 Å². The number of aliphatic hydroxyl groups is 3. The van der Waals surface area contributed by atoms with E-state index in [0.29, 0.717) is 17.4 Å². The van der Waals surface area contributed by atoms with Gasteiger partial charge in [-0.3, -0.25) is 24.1 Å². The summed E-state index contributed by atoms with van der Waals surface area (Å²) in [6.45, 7) is 0. The number of aldehydes is 1. The topological polar surface area (TPSA) is 192 Å². The third-order valence-corrected chi connectivity index (χ3v) is 7.67. The number of phenolic OH excluding ortho intramolecular Hbond substituents is 1. The van der Waals surface area contributed by atoms with Gasteiger partial charge in [-0.2, -0.15) is 0 Å². The van der Waals surface area contributed by atoms with E-state index in [9.17, 15) is 39.6 Å². The molecule has 0 bridgehead atoms. The van der Waals surface area contributed by atoms with Crippen molar-refractivity contribution in [1.82, 2.24) is 4.90 Å². The maximum Gasteiger partial charge on any atom is 0.255 e. The summed E-state index contributed by atoms with van der Waals surface area (Å²) in [4.78, 5) is 52.0. The van der Waals surface area contributed by atoms with Crippen molar-refractivity contribution in [1.29, 1.82) is 0 Å². The number of fused-ring (bicyclic) bond motifs is 3. The Kier molecular flexibility index (Phi) is 5.39. The number of nitrogens with zero attached hydrogens (tertiary/aromatic N) is 1. The van der Waals surface area contributed by atoms with Gasteiger partial charge in [0, 0.05) is 17.1 Å². The standard InChI is InChI=1S/C26H24N2O9/c1-28(2)19-14-8-11-7-13-12(22-10(9-29)5-6-37-22)3-4-15(30)17(13)20(31)16(11)23(33)26(14,36)24(34)18(21(19)32)25(27)35/h3-6,9,11,14,19,30-31,34,36H,7-8H2,1-2H3,(H2,27,35). The number of amides is 1. The Morgan fingerprint density at radius 1 is 1.19 bits per heavy atom. The van der Waals surface area contributed by atoms with Crippen molar-refractivity contribution < 1.29 is 44.0 Å². The molecule has 1 saturated carbocycles. The summed E-state index contributed by atoms with van der Waals surface area (Å²) in [5, 5.41) is 44.4. The number of primary amides is 1. The Balaban J connectivity index is 1.75. The third-order valence-electron chi connectivity index (χ3n) is 7.67. The van der Waals surface area contributed by atoms with Crippen LogP contribution in [0.15, 0.2) is 45.8 Å². The Bertz CT molecular complexity index is 1460. The molecule has 3 aliphatic carbocycles. The predicted octanol–water partition coefficient (Wildman–Crippen LogP) is 1.04. The van der Waals surface area contributed by atoms with Gasteiger partial charge in [-0.1, -0.05) is 0 Å². The van der Waals surface area contributed by atoms with E-state index >= 15 is 0 Å². The summed E-state index contributed by atoms with van der Waals surface area (Å²) in [7, 11) is 3.06. The summed E-state index contributed by atoms with van der Waals surface area (Å²) in [5.41, 5.74) is 2.48. The van der Waals surface area contributed by atoms with E-state index in [4.69, 9.17) is 10.2 Å². The number of carbonyl (C=O) groups is 4. The largest absolute Gasteiger partial charge is 0.508 e. The van der Waals surface area contributed by atoms with Crippen LogP contribution in [0.2, 0.25) is 0 Å². The lowest BCUT2D eigenvalue weighted by Crippen LogP contribution is -2.65. The zero-order valence-electron chi connectivity index (χ0n) is 19.9. The van der Waals surface area contributed by atoms with Crippen LogP contribution >= 0.6 is 0 Å². The lowest BCUT2D eigenvalue weighted by Gasteiger charge is -2.50. The quantitative estimate of drug-likeness (QED) is 0.294. The molecule has 4 atom stereocenters. The van der Waals surface area contributed by atoms with Crippen LogP contribution < -0.4 is 5.73 Å². The van der Waals surface area contributed by atoms with Gasteiger partial charge in [-0.25, -0.2) is 0 Å². The molecule has 6 N–H and O–H groups in total. The second-order valence-electron chi connectivity index (χ2n) is 9.77. The maximum absolute atomic E-state index is 13.8. The number of phenols is 1. The van der Waals surface area contributed by atoms with E-state index < -0.39 is 58.0 Å². The number of ketones is 2. The first-order valence-electron chi connectivity index (χ1n) is 11.5. The highest BCUT2D eigenvalue weighted by Crippen LogP contribution is 2.53. The third kappa shape index (κ3) is 3.14. The number of rotatable bonds is 4. The molecule has 1 fully saturated rings. The van der Waals surface area contributed by atoms with Gasteiger partial charge in [0.25, 0.3) is 5.91 Å². The lowest BCUT2D eigenvalue weighted by atomic mass is 9.57. The van der Waals surface area contributed by atoms with E-state index in [1.807, 2.05) is 0 Å². The maximum atomic E-state index is 13.8. The van der Waals surface area contributed by atoms with Gasteiger partial charge in [-0.15, -0.1) is 0 Å². The molecular formula is C26H24N2O9. The summed E-state index contributed by atoms with van der Waals surface area (Å²) in [5.74, 6) is -7.03. The van der Waals surface area contributed by atoms with Gasteiger partial charge >= 0.3 is 0 Å². The van der Waals surface area contributed by atoms with Crippen LogP contribution in [0.4, 0.5) is 0 Å². The Labute approximate surface area is 210 Å². The molecule has 1 aromatic heterocycles. The number of hydrogen-bond acceptors (Lipinski definition) is 10. The van der Waals surface area contributed by atoms with Crippen LogP contribution in [-0.4, -0.2) is 74.8 Å². The van der Waals surface area contributed by atoms with E-state index in [2.05, 4.69) is 0 Å². The Morgan fingerprint density at radius 3 is 2.51 bits per heavy atom. The number of Topliss-reactive ketones (excluding diaryl/α,β-unsaturated/α-hetero) is 2. The lowest BCUT2D eigenvalue weighted by molar-refractivity contribution is -0.153. The average Bonchev–Trinajstić information content (AvgIpc) is 3.29. The highest BCUT2D eigenvalue weighted by molar-refractivity contribution is 6.24. The minimum Gasteiger partial charge on any atom is -0.508 e. The molecule has 0 radical (unpaired) electrons. The molecule has 192 valence electrons. The smallest absolute Gasteiger partial charge is 0.255 e. The molecule has 3 aliphatic rings. The normalized spacial score (nSPS) is 27.2. The molecule has 0 aliphatic heterocycles. The highest BCUT2D eigenvalue weighted by Gasteiger charge is 2.64. The van der Waals surface area contributed by atoms with Crippen LogP contribution in [-0.2, 0) is 20.8 Å². The number of aromatic hydroxyl groups is 1. The monoisotopic (exact) mass is 508 g/mol. The zero-order chi connectivity index (χ0) is 27.0. The van der Waals surface area contributed by atoms with Crippen LogP contribution in [0.25, 0.3) is 17.1 Å².